The molecule has 0 saturated carbocycles. The highest BCUT2D eigenvalue weighted by Gasteiger charge is 2.24. The summed E-state index contributed by atoms with van der Waals surface area (Å²) in [4.78, 5) is 3.44. The average Bonchev–Trinajstić information content (AvgIpc) is 3.18. The number of hydrogen-bond acceptors (Lipinski definition) is 4. The minimum atomic E-state index is -3.74. The normalized spacial score (nSPS) is 11.8. The molecule has 0 aliphatic heterocycles. The Kier molecular flexibility index (Phi) is 3.81. The van der Waals surface area contributed by atoms with Crippen LogP contribution in [0.2, 0.25) is 0 Å². The van der Waals surface area contributed by atoms with Crippen LogP contribution in [0.15, 0.2) is 64.0 Å². The number of hydrogen-bond donors (Lipinski definition) is 2. The topological polar surface area (TPSA) is 88.0 Å². The molecular formula is C19H17N3O3S. The number of H-pyrrole nitrogens is 1. The number of aromatic amines is 1. The lowest BCUT2D eigenvalue weighted by Crippen LogP contribution is -2.14. The van der Waals surface area contributed by atoms with E-state index in [1.807, 2.05) is 36.4 Å². The molecule has 0 fully saturated rings. The van der Waals surface area contributed by atoms with Crippen LogP contribution in [-0.4, -0.2) is 18.6 Å². The predicted octanol–water partition coefficient (Wildman–Crippen LogP) is 4.24. The minimum absolute atomic E-state index is 0.0807. The number of benzene rings is 2. The molecule has 6 nitrogen and oxygen atoms in total. The van der Waals surface area contributed by atoms with E-state index in [2.05, 4.69) is 20.9 Å². The van der Waals surface area contributed by atoms with Crippen LogP contribution in [0.3, 0.4) is 0 Å². The van der Waals surface area contributed by atoms with Gasteiger partial charge < -0.3 is 9.51 Å². The SMILES string of the molecule is Cc1noc(C)c1S(=O)(=O)Nc1ccc(-c2cc3ccccc3[nH]2)cc1. The van der Waals surface area contributed by atoms with Gasteiger partial charge in [0.1, 0.15) is 5.69 Å². The van der Waals surface area contributed by atoms with E-state index in [0.29, 0.717) is 11.4 Å². The third-order valence-electron chi connectivity index (χ3n) is 4.21. The number of aromatic nitrogens is 2. The number of sulfonamides is 1. The lowest BCUT2D eigenvalue weighted by atomic mass is 10.1. The van der Waals surface area contributed by atoms with E-state index in [4.69, 9.17) is 4.52 Å². The second kappa shape index (κ2) is 6.03. The molecule has 0 atom stereocenters. The van der Waals surface area contributed by atoms with Crippen molar-refractivity contribution in [3.05, 3.63) is 66.1 Å². The van der Waals surface area contributed by atoms with Gasteiger partial charge in [-0.3, -0.25) is 4.72 Å². The maximum Gasteiger partial charge on any atom is 0.267 e. The average molecular weight is 367 g/mol. The highest BCUT2D eigenvalue weighted by atomic mass is 32.2. The third kappa shape index (κ3) is 2.86. The first-order valence-electron chi connectivity index (χ1n) is 8.08. The Labute approximate surface area is 150 Å². The number of nitrogens with one attached hydrogen (secondary N) is 2. The summed E-state index contributed by atoms with van der Waals surface area (Å²) in [5, 5.41) is 4.83. The van der Waals surface area contributed by atoms with Crippen molar-refractivity contribution >= 4 is 26.6 Å². The molecule has 2 N–H and O–H groups in total. The van der Waals surface area contributed by atoms with E-state index >= 15 is 0 Å². The molecule has 26 heavy (non-hydrogen) atoms. The molecule has 0 spiro atoms. The lowest BCUT2D eigenvalue weighted by Gasteiger charge is -2.08. The van der Waals surface area contributed by atoms with Crippen LogP contribution < -0.4 is 4.72 Å². The highest BCUT2D eigenvalue weighted by Crippen LogP contribution is 2.27. The molecular weight excluding hydrogens is 350 g/mol. The van der Waals surface area contributed by atoms with Gasteiger partial charge in [-0.25, -0.2) is 8.42 Å². The first kappa shape index (κ1) is 16.4. The highest BCUT2D eigenvalue weighted by molar-refractivity contribution is 7.92. The number of anilines is 1. The maximum atomic E-state index is 12.6. The fourth-order valence-electron chi connectivity index (χ4n) is 3.01. The molecule has 7 heteroatoms. The summed E-state index contributed by atoms with van der Waals surface area (Å²) >= 11 is 0. The molecule has 0 amide bonds. The van der Waals surface area contributed by atoms with Crippen LogP contribution in [0.5, 0.6) is 0 Å². The number of rotatable bonds is 4. The summed E-state index contributed by atoms with van der Waals surface area (Å²) in [5.41, 5.74) is 3.83. The maximum absolute atomic E-state index is 12.6. The van der Waals surface area contributed by atoms with Gasteiger partial charge in [0.2, 0.25) is 0 Å². The van der Waals surface area contributed by atoms with Gasteiger partial charge in [-0.05, 0) is 43.7 Å². The number of nitrogens with zero attached hydrogens (tertiary/aromatic N) is 1. The van der Waals surface area contributed by atoms with E-state index in [1.165, 1.54) is 0 Å². The molecule has 0 aliphatic rings. The van der Waals surface area contributed by atoms with Gasteiger partial charge in [-0.15, -0.1) is 0 Å². The van der Waals surface area contributed by atoms with Crippen LogP contribution in [0.1, 0.15) is 11.5 Å². The van der Waals surface area contributed by atoms with E-state index in [-0.39, 0.29) is 10.7 Å². The first-order chi connectivity index (χ1) is 12.4. The second-order valence-corrected chi connectivity index (χ2v) is 7.73. The molecule has 2 heterocycles. The molecule has 0 radical (unpaired) electrons. The van der Waals surface area contributed by atoms with Crippen molar-refractivity contribution in [1.82, 2.24) is 10.1 Å². The van der Waals surface area contributed by atoms with E-state index in [0.717, 1.165) is 22.2 Å². The molecule has 2 aromatic heterocycles. The smallest absolute Gasteiger partial charge is 0.267 e. The van der Waals surface area contributed by atoms with Crippen molar-refractivity contribution in [2.24, 2.45) is 0 Å². The Hall–Kier alpha value is -3.06. The largest absolute Gasteiger partial charge is 0.360 e. The fourth-order valence-corrected chi connectivity index (χ4v) is 4.40. The first-order valence-corrected chi connectivity index (χ1v) is 9.56. The third-order valence-corrected chi connectivity index (χ3v) is 5.84. The summed E-state index contributed by atoms with van der Waals surface area (Å²) in [6.45, 7) is 3.18. The summed E-state index contributed by atoms with van der Waals surface area (Å²) in [7, 11) is -3.74. The molecule has 0 saturated heterocycles. The Morgan fingerprint density at radius 3 is 2.42 bits per heavy atom. The van der Waals surface area contributed by atoms with Gasteiger partial charge in [-0.2, -0.15) is 0 Å². The van der Waals surface area contributed by atoms with E-state index in [1.54, 1.807) is 26.0 Å². The van der Waals surface area contributed by atoms with Crippen molar-refractivity contribution in [3.8, 4) is 11.3 Å². The number of aryl methyl sites for hydroxylation is 2. The van der Waals surface area contributed by atoms with Crippen molar-refractivity contribution < 1.29 is 12.9 Å². The summed E-state index contributed by atoms with van der Waals surface area (Å²) in [5.74, 6) is 0.268. The van der Waals surface area contributed by atoms with Crippen LogP contribution >= 0.6 is 0 Å². The van der Waals surface area contributed by atoms with Gasteiger partial charge in [0.25, 0.3) is 10.0 Å². The van der Waals surface area contributed by atoms with Crippen LogP contribution in [0.25, 0.3) is 22.2 Å². The molecule has 4 aromatic rings. The van der Waals surface area contributed by atoms with Crippen LogP contribution in [0.4, 0.5) is 5.69 Å². The zero-order valence-electron chi connectivity index (χ0n) is 14.3. The van der Waals surface area contributed by atoms with Gasteiger partial charge in [0.15, 0.2) is 10.7 Å². The van der Waals surface area contributed by atoms with E-state index in [9.17, 15) is 8.42 Å². The van der Waals surface area contributed by atoms with Crippen LogP contribution in [-0.2, 0) is 10.0 Å². The van der Waals surface area contributed by atoms with Gasteiger partial charge >= 0.3 is 0 Å². The molecule has 0 bridgehead atoms. The monoisotopic (exact) mass is 367 g/mol. The number of fused-ring (bicyclic) bond motifs is 1. The predicted molar refractivity (Wildman–Crippen MR) is 101 cm³/mol. The zero-order chi connectivity index (χ0) is 18.3. The van der Waals surface area contributed by atoms with Crippen molar-refractivity contribution in [2.45, 2.75) is 18.7 Å². The lowest BCUT2D eigenvalue weighted by molar-refractivity contribution is 0.390. The fraction of sp³-hybridized carbons (Fsp3) is 0.105. The standard InChI is InChI=1S/C19H17N3O3S/c1-12-19(13(2)25-21-12)26(23,24)22-16-9-7-14(8-10-16)18-11-15-5-3-4-6-17(15)20-18/h3-11,20,22H,1-2H3. The van der Waals surface area contributed by atoms with Crippen LogP contribution in [0, 0.1) is 13.8 Å². The second-order valence-electron chi connectivity index (χ2n) is 6.11. The summed E-state index contributed by atoms with van der Waals surface area (Å²) < 4.78 is 32.6. The van der Waals surface area contributed by atoms with Gasteiger partial charge in [-0.1, -0.05) is 35.5 Å². The Morgan fingerprint density at radius 2 is 1.77 bits per heavy atom. The Morgan fingerprint density at radius 1 is 1.04 bits per heavy atom. The van der Waals surface area contributed by atoms with Crippen molar-refractivity contribution in [3.63, 3.8) is 0 Å². The minimum Gasteiger partial charge on any atom is -0.360 e. The molecule has 132 valence electrons. The summed E-state index contributed by atoms with van der Waals surface area (Å²) in [6, 6.07) is 17.3. The zero-order valence-corrected chi connectivity index (χ0v) is 15.1. The quantitative estimate of drug-likeness (QED) is 0.565. The molecule has 0 aliphatic carbocycles. The molecule has 2 aromatic carbocycles. The molecule has 4 rings (SSSR count). The molecule has 0 unspecified atom stereocenters. The van der Waals surface area contributed by atoms with Gasteiger partial charge in [0, 0.05) is 22.3 Å². The summed E-state index contributed by atoms with van der Waals surface area (Å²) in [6.07, 6.45) is 0. The van der Waals surface area contributed by atoms with Gasteiger partial charge in [0.05, 0.1) is 0 Å². The van der Waals surface area contributed by atoms with Crippen molar-refractivity contribution in [1.29, 1.82) is 0 Å². The van der Waals surface area contributed by atoms with E-state index < -0.39 is 10.0 Å². The van der Waals surface area contributed by atoms with Crippen molar-refractivity contribution in [2.75, 3.05) is 4.72 Å². The Balaban J connectivity index is 1.62. The Bertz CT molecular complexity index is 1140. The number of para-hydroxylation sites is 1.